The van der Waals surface area contributed by atoms with Crippen molar-refractivity contribution in [3.05, 3.63) is 12.1 Å². The first-order valence-corrected chi connectivity index (χ1v) is 3.69. The molecule has 6 nitrogen and oxygen atoms in total. The van der Waals surface area contributed by atoms with Crippen LogP contribution in [-0.2, 0) is 0 Å². The Hall–Kier alpha value is -1.72. The minimum atomic E-state index is 0.650. The second kappa shape index (κ2) is 2.72. The molecule has 0 fully saturated rings. The maximum atomic E-state index is 4.09. The van der Waals surface area contributed by atoms with Gasteiger partial charge in [0.05, 0.1) is 0 Å². The number of nitrogens with one attached hydrogen (secondary N) is 1. The molecule has 0 unspecified atom stereocenters. The summed E-state index contributed by atoms with van der Waals surface area (Å²) in [7, 11) is 0. The molecule has 12 heavy (non-hydrogen) atoms. The predicted molar refractivity (Wildman–Crippen MR) is 42.7 cm³/mol. The monoisotopic (exact) mass is 164 g/mol. The fourth-order valence-corrected chi connectivity index (χ4v) is 0.925. The van der Waals surface area contributed by atoms with E-state index in [-0.39, 0.29) is 0 Å². The molecule has 1 N–H and O–H groups in total. The van der Waals surface area contributed by atoms with E-state index < -0.39 is 0 Å². The predicted octanol–water partition coefficient (Wildman–Crippen LogP) is -0.0489. The highest BCUT2D eigenvalue weighted by Crippen LogP contribution is 2.01. The Morgan fingerprint density at radius 2 is 2.42 bits per heavy atom. The third-order valence-corrected chi connectivity index (χ3v) is 1.43. The lowest BCUT2D eigenvalue weighted by Crippen LogP contribution is -2.03. The first-order valence-electron chi connectivity index (χ1n) is 3.69. The average Bonchev–Trinajstić information content (AvgIpc) is 2.51. The van der Waals surface area contributed by atoms with Crippen molar-refractivity contribution in [3.8, 4) is 0 Å². The number of anilines is 1. The van der Waals surface area contributed by atoms with E-state index in [0.29, 0.717) is 5.65 Å². The van der Waals surface area contributed by atoms with Crippen molar-refractivity contribution in [1.82, 2.24) is 25.3 Å². The molecule has 0 aromatic carbocycles. The molecule has 6 heteroatoms. The molecule has 2 aromatic heterocycles. The fraction of sp³-hybridized carbons (Fsp3) is 0.333. The van der Waals surface area contributed by atoms with Crippen LogP contribution in [-0.4, -0.2) is 31.8 Å². The van der Waals surface area contributed by atoms with Crippen molar-refractivity contribution >= 4 is 11.5 Å². The molecule has 0 aliphatic carbocycles. The van der Waals surface area contributed by atoms with E-state index >= 15 is 0 Å². The molecule has 0 amide bonds. The zero-order valence-electron chi connectivity index (χ0n) is 6.60. The van der Waals surface area contributed by atoms with Crippen LogP contribution in [0.15, 0.2) is 12.1 Å². The van der Waals surface area contributed by atoms with Crippen LogP contribution in [0.1, 0.15) is 6.92 Å². The first kappa shape index (κ1) is 6.96. The lowest BCUT2D eigenvalue weighted by molar-refractivity contribution is 0.734. The molecule has 0 radical (unpaired) electrons. The van der Waals surface area contributed by atoms with Gasteiger partial charge < -0.3 is 5.32 Å². The van der Waals surface area contributed by atoms with Gasteiger partial charge in [0.2, 0.25) is 0 Å². The van der Waals surface area contributed by atoms with E-state index in [0.717, 1.165) is 12.4 Å². The number of tetrazole rings is 1. The summed E-state index contributed by atoms with van der Waals surface area (Å²) in [6.07, 6.45) is 0. The molecular formula is C6H8N6. The largest absolute Gasteiger partial charge is 0.369 e. The minimum absolute atomic E-state index is 0.650. The normalized spacial score (nSPS) is 10.4. The van der Waals surface area contributed by atoms with E-state index in [9.17, 15) is 0 Å². The summed E-state index contributed by atoms with van der Waals surface area (Å²) in [5.41, 5.74) is 0.650. The second-order valence-electron chi connectivity index (χ2n) is 2.28. The zero-order chi connectivity index (χ0) is 8.39. The molecule has 0 aliphatic rings. The van der Waals surface area contributed by atoms with Gasteiger partial charge >= 0.3 is 0 Å². The van der Waals surface area contributed by atoms with Crippen LogP contribution in [0.25, 0.3) is 5.65 Å². The van der Waals surface area contributed by atoms with Crippen LogP contribution in [0, 0.1) is 0 Å². The maximum Gasteiger partial charge on any atom is 0.200 e. The third kappa shape index (κ3) is 1.07. The lowest BCUT2D eigenvalue weighted by atomic mass is 10.5. The standard InChI is InChI=1S/C6H8N6/c1-2-7-5-3-4-6-8-10-11-12(6)9-5/h3-4H,2H2,1H3,(H,7,9). The van der Waals surface area contributed by atoms with Gasteiger partial charge in [-0.2, -0.15) is 0 Å². The van der Waals surface area contributed by atoms with Crippen LogP contribution < -0.4 is 5.32 Å². The average molecular weight is 164 g/mol. The Bertz CT molecular complexity index is 380. The van der Waals surface area contributed by atoms with Gasteiger partial charge in [-0.05, 0) is 29.5 Å². The van der Waals surface area contributed by atoms with Crippen molar-refractivity contribution in [2.45, 2.75) is 6.92 Å². The molecule has 2 aromatic rings. The van der Waals surface area contributed by atoms with Crippen LogP contribution in [0.5, 0.6) is 0 Å². The van der Waals surface area contributed by atoms with Gasteiger partial charge in [0.15, 0.2) is 5.65 Å². The number of hydrogen-bond acceptors (Lipinski definition) is 5. The van der Waals surface area contributed by atoms with E-state index in [2.05, 4.69) is 25.9 Å². The molecular weight excluding hydrogens is 156 g/mol. The van der Waals surface area contributed by atoms with Crippen LogP contribution in [0.3, 0.4) is 0 Å². The molecule has 0 spiro atoms. The minimum Gasteiger partial charge on any atom is -0.369 e. The zero-order valence-corrected chi connectivity index (χ0v) is 6.60. The van der Waals surface area contributed by atoms with E-state index in [1.807, 2.05) is 19.1 Å². The summed E-state index contributed by atoms with van der Waals surface area (Å²) in [6.45, 7) is 2.84. The van der Waals surface area contributed by atoms with Crippen LogP contribution in [0.4, 0.5) is 5.82 Å². The summed E-state index contributed by atoms with van der Waals surface area (Å²) in [6, 6.07) is 3.65. The van der Waals surface area contributed by atoms with Crippen molar-refractivity contribution in [1.29, 1.82) is 0 Å². The molecule has 2 rings (SSSR count). The lowest BCUT2D eigenvalue weighted by Gasteiger charge is -1.99. The van der Waals surface area contributed by atoms with Crippen molar-refractivity contribution in [3.63, 3.8) is 0 Å². The van der Waals surface area contributed by atoms with E-state index in [1.54, 1.807) is 0 Å². The molecule has 0 atom stereocenters. The van der Waals surface area contributed by atoms with Crippen molar-refractivity contribution < 1.29 is 0 Å². The van der Waals surface area contributed by atoms with Crippen molar-refractivity contribution in [2.75, 3.05) is 11.9 Å². The van der Waals surface area contributed by atoms with Gasteiger partial charge in [0.1, 0.15) is 5.82 Å². The number of fused-ring (bicyclic) bond motifs is 1. The third-order valence-electron chi connectivity index (χ3n) is 1.43. The Morgan fingerprint density at radius 3 is 3.25 bits per heavy atom. The number of nitrogens with zero attached hydrogens (tertiary/aromatic N) is 5. The Labute approximate surface area is 68.6 Å². The first-order chi connectivity index (χ1) is 5.90. The van der Waals surface area contributed by atoms with Crippen LogP contribution in [0.2, 0.25) is 0 Å². The van der Waals surface area contributed by atoms with Gasteiger partial charge in [-0.15, -0.1) is 14.8 Å². The fourth-order valence-electron chi connectivity index (χ4n) is 0.925. The van der Waals surface area contributed by atoms with Gasteiger partial charge in [-0.1, -0.05) is 0 Å². The van der Waals surface area contributed by atoms with Gasteiger partial charge in [-0.3, -0.25) is 0 Å². The van der Waals surface area contributed by atoms with Crippen LogP contribution >= 0.6 is 0 Å². The molecule has 0 bridgehead atoms. The summed E-state index contributed by atoms with van der Waals surface area (Å²) >= 11 is 0. The molecule has 0 saturated carbocycles. The van der Waals surface area contributed by atoms with Gasteiger partial charge in [0, 0.05) is 6.54 Å². The highest BCUT2D eigenvalue weighted by molar-refractivity contribution is 5.41. The van der Waals surface area contributed by atoms with E-state index in [1.165, 1.54) is 4.63 Å². The molecule has 62 valence electrons. The van der Waals surface area contributed by atoms with Gasteiger partial charge in [0.25, 0.3) is 0 Å². The smallest absolute Gasteiger partial charge is 0.200 e. The Balaban J connectivity index is 2.46. The number of hydrogen-bond donors (Lipinski definition) is 1. The maximum absolute atomic E-state index is 4.09. The molecule has 2 heterocycles. The SMILES string of the molecule is CCNc1ccc2nnnn2n1. The van der Waals surface area contributed by atoms with Gasteiger partial charge in [-0.25, -0.2) is 0 Å². The topological polar surface area (TPSA) is 68.0 Å². The van der Waals surface area contributed by atoms with Crippen molar-refractivity contribution in [2.24, 2.45) is 0 Å². The summed E-state index contributed by atoms with van der Waals surface area (Å²) in [4.78, 5) is 0. The highest BCUT2D eigenvalue weighted by Gasteiger charge is 1.97. The summed E-state index contributed by atoms with van der Waals surface area (Å²) in [5, 5.41) is 18.0. The molecule has 0 saturated heterocycles. The summed E-state index contributed by atoms with van der Waals surface area (Å²) < 4.78 is 1.39. The van der Waals surface area contributed by atoms with E-state index in [4.69, 9.17) is 0 Å². The second-order valence-corrected chi connectivity index (χ2v) is 2.28. The number of rotatable bonds is 2. The highest BCUT2D eigenvalue weighted by atomic mass is 15.6. The Morgan fingerprint density at radius 1 is 1.50 bits per heavy atom. The quantitative estimate of drug-likeness (QED) is 0.674. The molecule has 0 aliphatic heterocycles. The summed E-state index contributed by atoms with van der Waals surface area (Å²) in [5.74, 6) is 0.775. The Kier molecular flexibility index (Phi) is 1.58. The number of aromatic nitrogens is 5.